The zero-order valence-corrected chi connectivity index (χ0v) is 8.67. The molecule has 0 aliphatic rings. The summed E-state index contributed by atoms with van der Waals surface area (Å²) in [5, 5.41) is 9.43. The number of aldehydes is 1. The van der Waals surface area contributed by atoms with Crippen molar-refractivity contribution in [1.82, 2.24) is 0 Å². The second kappa shape index (κ2) is 4.28. The Morgan fingerprint density at radius 3 is 2.85 bits per heavy atom. The van der Waals surface area contributed by atoms with Gasteiger partial charge >= 0.3 is 0 Å². The second-order valence-electron chi connectivity index (χ2n) is 2.50. The molecule has 1 N–H and O–H groups in total. The highest BCUT2D eigenvalue weighted by molar-refractivity contribution is 9.10. The fraction of sp³-hybridized carbons (Fsp3) is 0.222. The third kappa shape index (κ3) is 2.21. The molecular formula is C9H9BrO3. The third-order valence-electron chi connectivity index (χ3n) is 1.63. The van der Waals surface area contributed by atoms with E-state index in [1.54, 1.807) is 12.1 Å². The van der Waals surface area contributed by atoms with Gasteiger partial charge in [-0.2, -0.15) is 0 Å². The van der Waals surface area contributed by atoms with Crippen LogP contribution in [0.4, 0.5) is 0 Å². The number of methoxy groups -OCH3 is 1. The molecule has 0 saturated heterocycles. The Morgan fingerprint density at radius 2 is 2.31 bits per heavy atom. The number of phenolic OH excluding ortho intramolecular Hbond substituents is 1. The molecule has 0 aliphatic heterocycles. The van der Waals surface area contributed by atoms with Crippen molar-refractivity contribution < 1.29 is 14.6 Å². The van der Waals surface area contributed by atoms with E-state index in [0.29, 0.717) is 16.6 Å². The molecule has 0 unspecified atom stereocenters. The lowest BCUT2D eigenvalue weighted by atomic mass is 10.1. The highest BCUT2D eigenvalue weighted by Crippen LogP contribution is 2.35. The summed E-state index contributed by atoms with van der Waals surface area (Å²) in [5.41, 5.74) is 0.802. The van der Waals surface area contributed by atoms with Gasteiger partial charge in [0.15, 0.2) is 11.5 Å². The van der Waals surface area contributed by atoms with Crippen molar-refractivity contribution in [3.63, 3.8) is 0 Å². The van der Waals surface area contributed by atoms with Crippen molar-refractivity contribution in [1.29, 1.82) is 0 Å². The molecule has 4 heteroatoms. The Kier molecular flexibility index (Phi) is 3.31. The van der Waals surface area contributed by atoms with Gasteiger partial charge in [-0.05, 0) is 33.6 Å². The fourth-order valence-corrected chi connectivity index (χ4v) is 1.49. The molecule has 0 bridgehead atoms. The number of halogens is 1. The van der Waals surface area contributed by atoms with Gasteiger partial charge in [0.2, 0.25) is 0 Å². The fourth-order valence-electron chi connectivity index (χ4n) is 0.997. The monoisotopic (exact) mass is 244 g/mol. The maximum Gasteiger partial charge on any atom is 0.172 e. The molecule has 0 spiro atoms. The summed E-state index contributed by atoms with van der Waals surface area (Å²) in [7, 11) is 1.46. The van der Waals surface area contributed by atoms with Crippen LogP contribution in [0.3, 0.4) is 0 Å². The van der Waals surface area contributed by atoms with Crippen LogP contribution in [0.5, 0.6) is 11.5 Å². The molecule has 0 fully saturated rings. The third-order valence-corrected chi connectivity index (χ3v) is 2.23. The quantitative estimate of drug-likeness (QED) is 0.827. The number of carbonyl (C=O) groups is 1. The summed E-state index contributed by atoms with van der Waals surface area (Å²) in [5.74, 6) is 0.420. The summed E-state index contributed by atoms with van der Waals surface area (Å²) >= 11 is 3.16. The van der Waals surface area contributed by atoms with Crippen molar-refractivity contribution in [2.45, 2.75) is 6.42 Å². The molecule has 1 aromatic rings. The van der Waals surface area contributed by atoms with Crippen molar-refractivity contribution in [2.24, 2.45) is 0 Å². The van der Waals surface area contributed by atoms with Gasteiger partial charge in [0.1, 0.15) is 6.29 Å². The first-order valence-electron chi connectivity index (χ1n) is 3.68. The molecule has 0 radical (unpaired) electrons. The Labute approximate surface area is 84.5 Å². The van der Waals surface area contributed by atoms with Gasteiger partial charge < -0.3 is 14.6 Å². The number of carbonyl (C=O) groups excluding carboxylic acids is 1. The van der Waals surface area contributed by atoms with Gasteiger partial charge in [0.05, 0.1) is 11.6 Å². The first kappa shape index (κ1) is 10.1. The van der Waals surface area contributed by atoms with Gasteiger partial charge in [-0.25, -0.2) is 0 Å². The van der Waals surface area contributed by atoms with Crippen LogP contribution in [-0.2, 0) is 11.2 Å². The van der Waals surface area contributed by atoms with E-state index in [9.17, 15) is 9.90 Å². The predicted octanol–water partition coefficient (Wildman–Crippen LogP) is 1.90. The lowest BCUT2D eigenvalue weighted by Gasteiger charge is -2.06. The van der Waals surface area contributed by atoms with E-state index in [1.807, 2.05) is 0 Å². The number of rotatable bonds is 3. The first-order chi connectivity index (χ1) is 6.19. The molecule has 13 heavy (non-hydrogen) atoms. The summed E-state index contributed by atoms with van der Waals surface area (Å²) in [6.45, 7) is 0. The van der Waals surface area contributed by atoms with E-state index >= 15 is 0 Å². The molecular weight excluding hydrogens is 236 g/mol. The highest BCUT2D eigenvalue weighted by atomic mass is 79.9. The molecule has 0 amide bonds. The molecule has 3 nitrogen and oxygen atoms in total. The van der Waals surface area contributed by atoms with E-state index in [1.165, 1.54) is 7.11 Å². The average Bonchev–Trinajstić information content (AvgIpc) is 2.11. The van der Waals surface area contributed by atoms with Gasteiger partial charge in [-0.15, -0.1) is 0 Å². The van der Waals surface area contributed by atoms with Crippen LogP contribution in [0.15, 0.2) is 16.6 Å². The largest absolute Gasteiger partial charge is 0.503 e. The topological polar surface area (TPSA) is 46.5 Å². The van der Waals surface area contributed by atoms with Crippen LogP contribution in [0.25, 0.3) is 0 Å². The van der Waals surface area contributed by atoms with Gasteiger partial charge in [0.25, 0.3) is 0 Å². The lowest BCUT2D eigenvalue weighted by molar-refractivity contribution is -0.107. The molecule has 0 atom stereocenters. The summed E-state index contributed by atoms with van der Waals surface area (Å²) in [4.78, 5) is 10.3. The lowest BCUT2D eigenvalue weighted by Crippen LogP contribution is -1.90. The van der Waals surface area contributed by atoms with E-state index in [-0.39, 0.29) is 5.75 Å². The minimum atomic E-state index is 0.0529. The van der Waals surface area contributed by atoms with Gasteiger partial charge in [-0.1, -0.05) is 0 Å². The minimum Gasteiger partial charge on any atom is -0.503 e. The average molecular weight is 245 g/mol. The first-order valence-corrected chi connectivity index (χ1v) is 4.47. The summed E-state index contributed by atoms with van der Waals surface area (Å²) < 4.78 is 5.45. The van der Waals surface area contributed by atoms with E-state index in [2.05, 4.69) is 15.9 Å². The number of hydrogen-bond acceptors (Lipinski definition) is 3. The van der Waals surface area contributed by atoms with Crippen molar-refractivity contribution in [3.8, 4) is 11.5 Å². The minimum absolute atomic E-state index is 0.0529. The molecule has 70 valence electrons. The highest BCUT2D eigenvalue weighted by Gasteiger charge is 2.07. The van der Waals surface area contributed by atoms with Crippen molar-refractivity contribution >= 4 is 22.2 Å². The van der Waals surface area contributed by atoms with Gasteiger partial charge in [-0.3, -0.25) is 0 Å². The predicted molar refractivity (Wildman–Crippen MR) is 52.1 cm³/mol. The summed E-state index contributed by atoms with van der Waals surface area (Å²) in [6, 6.07) is 3.32. The Bertz CT molecular complexity index is 323. The second-order valence-corrected chi connectivity index (χ2v) is 3.35. The molecule has 0 heterocycles. The number of benzene rings is 1. The van der Waals surface area contributed by atoms with Crippen LogP contribution >= 0.6 is 15.9 Å². The van der Waals surface area contributed by atoms with Crippen LogP contribution < -0.4 is 4.74 Å². The number of aromatic hydroxyl groups is 1. The van der Waals surface area contributed by atoms with Crippen LogP contribution in [0, 0.1) is 0 Å². The van der Waals surface area contributed by atoms with Crippen LogP contribution in [0.2, 0.25) is 0 Å². The van der Waals surface area contributed by atoms with Crippen LogP contribution in [-0.4, -0.2) is 18.5 Å². The van der Waals surface area contributed by atoms with Crippen molar-refractivity contribution in [2.75, 3.05) is 7.11 Å². The van der Waals surface area contributed by atoms with Crippen LogP contribution in [0.1, 0.15) is 5.56 Å². The number of hydrogen-bond donors (Lipinski definition) is 1. The smallest absolute Gasteiger partial charge is 0.172 e. The Hall–Kier alpha value is -1.03. The number of phenols is 1. The maximum atomic E-state index is 10.3. The van der Waals surface area contributed by atoms with Crippen molar-refractivity contribution in [3.05, 3.63) is 22.2 Å². The van der Waals surface area contributed by atoms with E-state index < -0.39 is 0 Å². The molecule has 0 saturated carbocycles. The Balaban J connectivity index is 3.13. The summed E-state index contributed by atoms with van der Waals surface area (Å²) in [6.07, 6.45) is 1.12. The number of ether oxygens (including phenoxy) is 1. The van der Waals surface area contributed by atoms with E-state index in [4.69, 9.17) is 4.74 Å². The van der Waals surface area contributed by atoms with E-state index in [0.717, 1.165) is 11.8 Å². The SMILES string of the molecule is COc1cc(CC=O)cc(Br)c1O. The zero-order valence-electron chi connectivity index (χ0n) is 7.08. The molecule has 1 aromatic carbocycles. The maximum absolute atomic E-state index is 10.3. The standard InChI is InChI=1S/C9H9BrO3/c1-13-8-5-6(2-3-11)4-7(10)9(8)12/h3-5,12H,2H2,1H3. The van der Waals surface area contributed by atoms with Gasteiger partial charge in [0, 0.05) is 6.42 Å². The zero-order chi connectivity index (χ0) is 9.84. The Morgan fingerprint density at radius 1 is 1.62 bits per heavy atom. The molecule has 0 aliphatic carbocycles. The normalized spacial score (nSPS) is 9.69. The molecule has 0 aromatic heterocycles. The molecule has 1 rings (SSSR count).